The second kappa shape index (κ2) is 6.59. The quantitative estimate of drug-likeness (QED) is 0.902. The number of rotatable bonds is 3. The van der Waals surface area contributed by atoms with Crippen molar-refractivity contribution in [1.29, 1.82) is 0 Å². The first-order valence-electron chi connectivity index (χ1n) is 7.22. The predicted octanol–water partition coefficient (Wildman–Crippen LogP) is 4.38. The minimum absolute atomic E-state index is 0.0539. The minimum atomic E-state index is 0.0539. The summed E-state index contributed by atoms with van der Waals surface area (Å²) in [7, 11) is 0. The number of aryl methyl sites for hydroxylation is 1. The topological polar surface area (TPSA) is 32.3 Å². The number of para-hydroxylation sites is 1. The van der Waals surface area contributed by atoms with Crippen molar-refractivity contribution in [3.05, 3.63) is 58.1 Å². The van der Waals surface area contributed by atoms with Gasteiger partial charge in [0.2, 0.25) is 5.91 Å². The van der Waals surface area contributed by atoms with E-state index in [1.807, 2.05) is 29.2 Å². The monoisotopic (exact) mass is 334 g/mol. The van der Waals surface area contributed by atoms with Crippen LogP contribution in [0.4, 0.5) is 11.4 Å². The number of carbonyl (C=O) groups is 1. The van der Waals surface area contributed by atoms with Gasteiger partial charge >= 0.3 is 0 Å². The molecule has 0 atom stereocenters. The van der Waals surface area contributed by atoms with Gasteiger partial charge in [0, 0.05) is 17.9 Å². The number of fused-ring (bicyclic) bond motifs is 1. The number of nitrogens with one attached hydrogen (secondary N) is 1. The first-order valence-corrected chi connectivity index (χ1v) is 7.98. The maximum atomic E-state index is 12.5. The molecule has 2 aromatic rings. The van der Waals surface area contributed by atoms with Crippen molar-refractivity contribution >= 4 is 40.5 Å². The highest BCUT2D eigenvalue weighted by molar-refractivity contribution is 6.42. The van der Waals surface area contributed by atoms with Gasteiger partial charge in [-0.05, 0) is 42.7 Å². The summed E-state index contributed by atoms with van der Waals surface area (Å²) in [4.78, 5) is 14.3. The van der Waals surface area contributed by atoms with Crippen LogP contribution in [0.2, 0.25) is 10.0 Å². The van der Waals surface area contributed by atoms with Crippen molar-refractivity contribution in [3.8, 4) is 0 Å². The van der Waals surface area contributed by atoms with E-state index in [0.717, 1.165) is 30.8 Å². The molecule has 0 unspecified atom stereocenters. The van der Waals surface area contributed by atoms with Gasteiger partial charge in [-0.2, -0.15) is 0 Å². The second-order valence-corrected chi connectivity index (χ2v) is 6.07. The fraction of sp³-hybridized carbons (Fsp3) is 0.235. The van der Waals surface area contributed by atoms with Crippen LogP contribution in [0.1, 0.15) is 12.0 Å². The zero-order valence-corrected chi connectivity index (χ0v) is 13.5. The van der Waals surface area contributed by atoms with Crippen LogP contribution < -0.4 is 10.2 Å². The Kier molecular flexibility index (Phi) is 4.55. The molecular formula is C17H16Cl2N2O. The molecule has 0 spiro atoms. The van der Waals surface area contributed by atoms with Gasteiger partial charge in [0.05, 0.1) is 16.6 Å². The van der Waals surface area contributed by atoms with E-state index in [9.17, 15) is 4.79 Å². The van der Waals surface area contributed by atoms with E-state index in [0.29, 0.717) is 10.0 Å². The first kappa shape index (κ1) is 15.2. The normalized spacial score (nSPS) is 13.6. The Morgan fingerprint density at radius 2 is 1.95 bits per heavy atom. The minimum Gasteiger partial charge on any atom is -0.376 e. The van der Waals surface area contributed by atoms with Crippen LogP contribution in [-0.4, -0.2) is 19.0 Å². The molecule has 1 N–H and O–H groups in total. The second-order valence-electron chi connectivity index (χ2n) is 5.26. The molecule has 0 saturated heterocycles. The molecule has 0 bridgehead atoms. The van der Waals surface area contributed by atoms with E-state index in [1.54, 1.807) is 12.1 Å². The average Bonchev–Trinajstić information content (AvgIpc) is 2.55. The number of benzene rings is 2. The van der Waals surface area contributed by atoms with Crippen molar-refractivity contribution in [3.63, 3.8) is 0 Å². The number of hydrogen-bond donors (Lipinski definition) is 1. The maximum Gasteiger partial charge on any atom is 0.246 e. The fourth-order valence-electron chi connectivity index (χ4n) is 2.67. The zero-order chi connectivity index (χ0) is 15.5. The summed E-state index contributed by atoms with van der Waals surface area (Å²) in [5, 5.41) is 4.08. The third kappa shape index (κ3) is 3.21. The largest absolute Gasteiger partial charge is 0.376 e. The van der Waals surface area contributed by atoms with E-state index in [1.165, 1.54) is 5.56 Å². The molecule has 22 heavy (non-hydrogen) atoms. The lowest BCUT2D eigenvalue weighted by atomic mass is 10.0. The van der Waals surface area contributed by atoms with Gasteiger partial charge in [-0.25, -0.2) is 0 Å². The Hall–Kier alpha value is -1.71. The average molecular weight is 335 g/mol. The first-order chi connectivity index (χ1) is 10.6. The summed E-state index contributed by atoms with van der Waals surface area (Å²) >= 11 is 11.9. The summed E-state index contributed by atoms with van der Waals surface area (Å²) < 4.78 is 0. The Balaban J connectivity index is 1.69. The van der Waals surface area contributed by atoms with Gasteiger partial charge in [-0.1, -0.05) is 41.4 Å². The highest BCUT2D eigenvalue weighted by atomic mass is 35.5. The van der Waals surface area contributed by atoms with Crippen molar-refractivity contribution in [1.82, 2.24) is 0 Å². The van der Waals surface area contributed by atoms with E-state index in [4.69, 9.17) is 23.2 Å². The van der Waals surface area contributed by atoms with Gasteiger partial charge in [0.15, 0.2) is 0 Å². The fourth-order valence-corrected chi connectivity index (χ4v) is 2.97. The van der Waals surface area contributed by atoms with E-state index in [2.05, 4.69) is 11.4 Å². The molecule has 1 aliphatic heterocycles. The van der Waals surface area contributed by atoms with Crippen molar-refractivity contribution in [2.24, 2.45) is 0 Å². The molecule has 1 heterocycles. The molecule has 3 rings (SSSR count). The number of nitrogens with zero attached hydrogens (tertiary/aromatic N) is 1. The van der Waals surface area contributed by atoms with Crippen LogP contribution >= 0.6 is 23.2 Å². The predicted molar refractivity (Wildman–Crippen MR) is 92.1 cm³/mol. The smallest absolute Gasteiger partial charge is 0.246 e. The molecule has 3 nitrogen and oxygen atoms in total. The Morgan fingerprint density at radius 3 is 2.77 bits per heavy atom. The Bertz CT molecular complexity index is 703. The van der Waals surface area contributed by atoms with Crippen molar-refractivity contribution in [2.75, 3.05) is 23.3 Å². The van der Waals surface area contributed by atoms with Gasteiger partial charge < -0.3 is 10.2 Å². The SMILES string of the molecule is O=C(CNc1ccc(Cl)c(Cl)c1)N1CCCc2ccccc21. The van der Waals surface area contributed by atoms with Gasteiger partial charge in [-0.3, -0.25) is 4.79 Å². The van der Waals surface area contributed by atoms with E-state index >= 15 is 0 Å². The summed E-state index contributed by atoms with van der Waals surface area (Å²) in [6, 6.07) is 13.3. The number of hydrogen-bond acceptors (Lipinski definition) is 2. The van der Waals surface area contributed by atoms with E-state index < -0.39 is 0 Å². The zero-order valence-electron chi connectivity index (χ0n) is 12.0. The third-order valence-corrected chi connectivity index (χ3v) is 4.51. The van der Waals surface area contributed by atoms with Crippen LogP contribution in [0.3, 0.4) is 0 Å². The molecule has 2 aromatic carbocycles. The van der Waals surface area contributed by atoms with E-state index in [-0.39, 0.29) is 12.5 Å². The van der Waals surface area contributed by atoms with Crippen LogP contribution in [0.5, 0.6) is 0 Å². The van der Waals surface area contributed by atoms with Gasteiger partial charge in [0.1, 0.15) is 0 Å². The summed E-state index contributed by atoms with van der Waals surface area (Å²) in [5.41, 5.74) is 3.04. The lowest BCUT2D eigenvalue weighted by Gasteiger charge is -2.29. The maximum absolute atomic E-state index is 12.5. The summed E-state index contributed by atoms with van der Waals surface area (Å²) in [6.07, 6.45) is 2.02. The molecule has 114 valence electrons. The molecule has 5 heteroatoms. The number of amides is 1. The molecule has 0 saturated carbocycles. The summed E-state index contributed by atoms with van der Waals surface area (Å²) in [6.45, 7) is 0.991. The number of anilines is 2. The highest BCUT2D eigenvalue weighted by Crippen LogP contribution is 2.27. The molecule has 0 fully saturated rings. The van der Waals surface area contributed by atoms with Crippen LogP contribution in [0.25, 0.3) is 0 Å². The summed E-state index contributed by atoms with van der Waals surface area (Å²) in [5.74, 6) is 0.0539. The van der Waals surface area contributed by atoms with Crippen LogP contribution in [-0.2, 0) is 11.2 Å². The van der Waals surface area contributed by atoms with Crippen molar-refractivity contribution < 1.29 is 4.79 Å². The lowest BCUT2D eigenvalue weighted by Crippen LogP contribution is -2.39. The van der Waals surface area contributed by atoms with Gasteiger partial charge in [0.25, 0.3) is 0 Å². The van der Waals surface area contributed by atoms with Crippen LogP contribution in [0.15, 0.2) is 42.5 Å². The lowest BCUT2D eigenvalue weighted by molar-refractivity contribution is -0.117. The van der Waals surface area contributed by atoms with Crippen LogP contribution in [0, 0.1) is 0 Å². The molecule has 0 aliphatic carbocycles. The molecular weight excluding hydrogens is 319 g/mol. The number of carbonyl (C=O) groups excluding carboxylic acids is 1. The molecule has 1 amide bonds. The molecule has 0 aromatic heterocycles. The molecule has 0 radical (unpaired) electrons. The third-order valence-electron chi connectivity index (χ3n) is 3.77. The van der Waals surface area contributed by atoms with Gasteiger partial charge in [-0.15, -0.1) is 0 Å². The number of halogens is 2. The standard InChI is InChI=1S/C17H16Cl2N2O/c18-14-8-7-13(10-15(14)19)20-11-17(22)21-9-3-5-12-4-1-2-6-16(12)21/h1-2,4,6-8,10,20H,3,5,9,11H2. The Labute approximate surface area is 139 Å². The highest BCUT2D eigenvalue weighted by Gasteiger charge is 2.21. The molecule has 1 aliphatic rings. The van der Waals surface area contributed by atoms with Crippen molar-refractivity contribution in [2.45, 2.75) is 12.8 Å². The Morgan fingerprint density at radius 1 is 1.14 bits per heavy atom.